The van der Waals surface area contributed by atoms with Gasteiger partial charge in [-0.05, 0) is 66.1 Å². The topological polar surface area (TPSA) is 52.6 Å². The molecule has 7 heteroatoms. The van der Waals surface area contributed by atoms with Crippen LogP contribution < -0.4 is 10.6 Å². The van der Waals surface area contributed by atoms with Crippen LogP contribution in [0.2, 0.25) is 0 Å². The van der Waals surface area contributed by atoms with Crippen LogP contribution in [-0.4, -0.2) is 48.6 Å². The highest BCUT2D eigenvalue weighted by Crippen LogP contribution is 2.16. The summed E-state index contributed by atoms with van der Waals surface area (Å²) in [6.07, 6.45) is 8.01. The first-order valence-corrected chi connectivity index (χ1v) is 10.7. The number of piperidine rings is 1. The van der Waals surface area contributed by atoms with Crippen molar-refractivity contribution in [2.24, 2.45) is 4.99 Å². The number of thiazole rings is 1. The van der Waals surface area contributed by atoms with E-state index in [9.17, 15) is 0 Å². The van der Waals surface area contributed by atoms with Crippen LogP contribution in [0.25, 0.3) is 0 Å². The molecule has 0 spiro atoms. The van der Waals surface area contributed by atoms with E-state index in [1.165, 1.54) is 63.0 Å². The monoisotopic (exact) mass is 493 g/mol. The number of hydrogen-bond donors (Lipinski definition) is 2. The Hall–Kier alpha value is -0.410. The van der Waals surface area contributed by atoms with Crippen LogP contribution in [0.15, 0.2) is 4.99 Å². The highest BCUT2D eigenvalue weighted by atomic mass is 127. The van der Waals surface area contributed by atoms with Gasteiger partial charge in [-0.3, -0.25) is 0 Å². The second-order valence-corrected chi connectivity index (χ2v) is 8.12. The zero-order chi connectivity index (χ0) is 17.9. The fourth-order valence-corrected chi connectivity index (χ4v) is 3.98. The summed E-state index contributed by atoms with van der Waals surface area (Å²) in [6, 6.07) is 0. The number of likely N-dealkylation sites (tertiary alicyclic amines) is 1. The number of hydrogen-bond acceptors (Lipinski definition) is 4. The minimum absolute atomic E-state index is 0. The average Bonchev–Trinajstić information content (AvgIpc) is 2.94. The van der Waals surface area contributed by atoms with E-state index in [0.29, 0.717) is 6.54 Å². The van der Waals surface area contributed by atoms with Gasteiger partial charge in [-0.2, -0.15) is 0 Å². The Morgan fingerprint density at radius 2 is 1.88 bits per heavy atom. The van der Waals surface area contributed by atoms with E-state index in [-0.39, 0.29) is 24.0 Å². The molecular formula is C19H36IN5S. The van der Waals surface area contributed by atoms with E-state index in [4.69, 9.17) is 0 Å². The number of halogens is 1. The summed E-state index contributed by atoms with van der Waals surface area (Å²) in [5, 5.41) is 7.87. The number of nitrogens with one attached hydrogen (secondary N) is 2. The molecule has 26 heavy (non-hydrogen) atoms. The van der Waals surface area contributed by atoms with E-state index in [1.54, 1.807) is 11.3 Å². The summed E-state index contributed by atoms with van der Waals surface area (Å²) in [5.74, 6) is 0.907. The zero-order valence-corrected chi connectivity index (χ0v) is 19.8. The van der Waals surface area contributed by atoms with Crippen molar-refractivity contribution < 1.29 is 0 Å². The SMILES string of the molecule is CCNC(=NCc1nc(C)c(C)s1)NCCCCCN1CCCCC1.I. The molecule has 1 aromatic rings. The van der Waals surface area contributed by atoms with Crippen molar-refractivity contribution >= 4 is 41.3 Å². The molecule has 0 atom stereocenters. The minimum atomic E-state index is 0. The molecule has 1 aliphatic heterocycles. The third-order valence-corrected chi connectivity index (χ3v) is 5.74. The lowest BCUT2D eigenvalue weighted by Crippen LogP contribution is -2.37. The van der Waals surface area contributed by atoms with Gasteiger partial charge in [0.05, 0.1) is 12.2 Å². The van der Waals surface area contributed by atoms with Crippen molar-refractivity contribution in [3.63, 3.8) is 0 Å². The van der Waals surface area contributed by atoms with E-state index in [0.717, 1.165) is 29.8 Å². The van der Waals surface area contributed by atoms with Crippen LogP contribution >= 0.6 is 35.3 Å². The van der Waals surface area contributed by atoms with Gasteiger partial charge in [0.25, 0.3) is 0 Å². The van der Waals surface area contributed by atoms with E-state index >= 15 is 0 Å². The van der Waals surface area contributed by atoms with Crippen LogP contribution in [0.3, 0.4) is 0 Å². The average molecular weight is 494 g/mol. The smallest absolute Gasteiger partial charge is 0.191 e. The van der Waals surface area contributed by atoms with Gasteiger partial charge in [-0.25, -0.2) is 9.98 Å². The normalized spacial score (nSPS) is 15.6. The van der Waals surface area contributed by atoms with E-state index in [1.807, 2.05) is 0 Å². The maximum absolute atomic E-state index is 4.66. The number of nitrogens with zero attached hydrogens (tertiary/aromatic N) is 3. The summed E-state index contributed by atoms with van der Waals surface area (Å²) in [6.45, 7) is 12.7. The number of aromatic nitrogens is 1. The molecule has 0 amide bonds. The van der Waals surface area contributed by atoms with Crippen molar-refractivity contribution in [3.05, 3.63) is 15.6 Å². The first kappa shape index (κ1) is 23.6. The molecule has 5 nitrogen and oxygen atoms in total. The summed E-state index contributed by atoms with van der Waals surface area (Å²) in [4.78, 5) is 13.1. The molecule has 0 bridgehead atoms. The van der Waals surface area contributed by atoms with Gasteiger partial charge >= 0.3 is 0 Å². The number of guanidine groups is 1. The minimum Gasteiger partial charge on any atom is -0.357 e. The number of rotatable bonds is 9. The summed E-state index contributed by atoms with van der Waals surface area (Å²) < 4.78 is 0. The molecule has 150 valence electrons. The molecule has 0 saturated carbocycles. The summed E-state index contributed by atoms with van der Waals surface area (Å²) in [5.41, 5.74) is 1.13. The summed E-state index contributed by atoms with van der Waals surface area (Å²) >= 11 is 1.74. The first-order chi connectivity index (χ1) is 12.2. The van der Waals surface area contributed by atoms with Crippen molar-refractivity contribution in [2.45, 2.75) is 65.8 Å². The van der Waals surface area contributed by atoms with Gasteiger partial charge in [-0.1, -0.05) is 12.8 Å². The fraction of sp³-hybridized carbons (Fsp3) is 0.789. The van der Waals surface area contributed by atoms with Crippen LogP contribution in [0.4, 0.5) is 0 Å². The third-order valence-electron chi connectivity index (χ3n) is 4.68. The Kier molecular flexibility index (Phi) is 12.5. The Labute approximate surface area is 180 Å². The number of aryl methyl sites for hydroxylation is 2. The van der Waals surface area contributed by atoms with Crippen LogP contribution in [0, 0.1) is 13.8 Å². The standard InChI is InChI=1S/C19H35N5S.HI/c1-4-20-19(22-15-18-23-16(2)17(3)25-18)21-11-7-5-8-12-24-13-9-6-10-14-24;/h4-15H2,1-3H3,(H2,20,21,22);1H. The molecule has 0 aliphatic carbocycles. The maximum Gasteiger partial charge on any atom is 0.191 e. The highest BCUT2D eigenvalue weighted by molar-refractivity contribution is 14.0. The van der Waals surface area contributed by atoms with Crippen molar-refractivity contribution in [1.82, 2.24) is 20.5 Å². The molecule has 1 aliphatic rings. The zero-order valence-electron chi connectivity index (χ0n) is 16.6. The lowest BCUT2D eigenvalue weighted by molar-refractivity contribution is 0.224. The van der Waals surface area contributed by atoms with Crippen molar-refractivity contribution in [3.8, 4) is 0 Å². The predicted octanol–water partition coefficient (Wildman–Crippen LogP) is 4.09. The molecule has 1 aromatic heterocycles. The van der Waals surface area contributed by atoms with Crippen LogP contribution in [0.5, 0.6) is 0 Å². The second kappa shape index (κ2) is 13.7. The van der Waals surface area contributed by atoms with Gasteiger partial charge < -0.3 is 15.5 Å². The molecule has 1 fully saturated rings. The van der Waals surface area contributed by atoms with Gasteiger partial charge in [0.1, 0.15) is 5.01 Å². The second-order valence-electron chi connectivity index (χ2n) is 6.83. The van der Waals surface area contributed by atoms with Crippen LogP contribution in [0.1, 0.15) is 61.0 Å². The predicted molar refractivity (Wildman–Crippen MR) is 124 cm³/mol. The molecule has 0 aromatic carbocycles. The molecule has 0 unspecified atom stereocenters. The highest BCUT2D eigenvalue weighted by Gasteiger charge is 2.08. The Morgan fingerprint density at radius 3 is 2.54 bits per heavy atom. The lowest BCUT2D eigenvalue weighted by Gasteiger charge is -2.26. The van der Waals surface area contributed by atoms with Crippen molar-refractivity contribution in [1.29, 1.82) is 0 Å². The van der Waals surface area contributed by atoms with Crippen molar-refractivity contribution in [2.75, 3.05) is 32.7 Å². The Bertz CT molecular complexity index is 506. The molecule has 0 radical (unpaired) electrons. The summed E-state index contributed by atoms with van der Waals surface area (Å²) in [7, 11) is 0. The van der Waals surface area contributed by atoms with Gasteiger partial charge in [0.15, 0.2) is 5.96 Å². The van der Waals surface area contributed by atoms with Crippen LogP contribution in [-0.2, 0) is 6.54 Å². The lowest BCUT2D eigenvalue weighted by atomic mass is 10.1. The Morgan fingerprint density at radius 1 is 1.12 bits per heavy atom. The molecule has 2 heterocycles. The molecule has 2 rings (SSSR count). The molecule has 2 N–H and O–H groups in total. The maximum atomic E-state index is 4.66. The van der Waals surface area contributed by atoms with Gasteiger partial charge in [-0.15, -0.1) is 35.3 Å². The third kappa shape index (κ3) is 8.99. The number of aliphatic imine (C=N–C) groups is 1. The van der Waals surface area contributed by atoms with E-state index in [2.05, 4.69) is 46.3 Å². The number of unbranched alkanes of at least 4 members (excludes halogenated alkanes) is 2. The first-order valence-electron chi connectivity index (χ1n) is 9.86. The van der Waals surface area contributed by atoms with Gasteiger partial charge in [0, 0.05) is 18.0 Å². The molecular weight excluding hydrogens is 457 g/mol. The van der Waals surface area contributed by atoms with E-state index < -0.39 is 0 Å². The quantitative estimate of drug-likeness (QED) is 0.236. The largest absolute Gasteiger partial charge is 0.357 e. The van der Waals surface area contributed by atoms with Gasteiger partial charge in [0.2, 0.25) is 0 Å². The fourth-order valence-electron chi connectivity index (χ4n) is 3.12. The Balaban J connectivity index is 0.00000338. The molecule has 1 saturated heterocycles.